The number of aromatic nitrogens is 1. The van der Waals surface area contributed by atoms with Crippen LogP contribution in [-0.4, -0.2) is 85.7 Å². The van der Waals surface area contributed by atoms with Crippen molar-refractivity contribution in [2.24, 2.45) is 17.8 Å². The molecule has 1 aromatic carbocycles. The molecule has 2 aromatic rings. The number of sulfonamides is 1. The van der Waals surface area contributed by atoms with Gasteiger partial charge in [-0.05, 0) is 68.6 Å². The molecule has 4 heterocycles. The van der Waals surface area contributed by atoms with Gasteiger partial charge in [-0.3, -0.25) is 19.1 Å². The maximum Gasteiger partial charge on any atom is 0.259 e. The summed E-state index contributed by atoms with van der Waals surface area (Å²) in [5.74, 6) is -0.0372. The Kier molecular flexibility index (Phi) is 8.53. The number of nitrogens with zero attached hydrogens (tertiary/aromatic N) is 3. The molecule has 0 radical (unpaired) electrons. The Morgan fingerprint density at radius 3 is 2.71 bits per heavy atom. The number of anilines is 1. The lowest BCUT2D eigenvalue weighted by Crippen LogP contribution is -2.56. The van der Waals surface area contributed by atoms with Crippen molar-refractivity contribution in [3.8, 4) is 11.6 Å². The van der Waals surface area contributed by atoms with E-state index in [1.807, 2.05) is 37.4 Å². The smallest absolute Gasteiger partial charge is 0.259 e. The molecule has 0 unspecified atom stereocenters. The van der Waals surface area contributed by atoms with E-state index in [0.717, 1.165) is 48.0 Å². The van der Waals surface area contributed by atoms with Gasteiger partial charge in [0.05, 0.1) is 24.0 Å². The molecular formula is C35H45N5O7S. The summed E-state index contributed by atoms with van der Waals surface area (Å²) in [6.45, 7) is 5.78. The number of nitrogens with one attached hydrogen (secondary N) is 2. The molecule has 2 saturated carbocycles. The van der Waals surface area contributed by atoms with Crippen molar-refractivity contribution < 1.29 is 32.3 Å². The number of hydrogen-bond donors (Lipinski definition) is 2. The summed E-state index contributed by atoms with van der Waals surface area (Å²) in [7, 11) is -1.80. The molecule has 6 atom stereocenters. The highest BCUT2D eigenvalue weighted by molar-refractivity contribution is 7.91. The standard InChI is InChI=1S/C35H45N5O7S/c1-21-6-4-5-7-23-19-35(23,34(43)38-48(44,45)25-8-9-25)37-32(42)29-18-24(20-40(29)30(41)17-22(2)16-21)47-33-27-10-11-28-31(26(27)12-13-36-33)46-15-14-39(28)3/h5,7,10-13,21-25,29H,4,6,8-9,14-20H2,1-3H3,(H,37,42)(H,38,43)/b7-5-/t21-,22+,23+,24+,29-,35+/m0/s1. The van der Waals surface area contributed by atoms with Crippen LogP contribution in [0, 0.1) is 17.8 Å². The fourth-order valence-corrected chi connectivity index (χ4v) is 8.98. The second kappa shape index (κ2) is 12.5. The largest absolute Gasteiger partial charge is 0.489 e. The number of likely N-dealkylation sites (N-methyl/N-ethyl adjacent to an activating group) is 1. The van der Waals surface area contributed by atoms with Gasteiger partial charge in [-0.15, -0.1) is 0 Å². The number of rotatable bonds is 5. The maximum atomic E-state index is 14.1. The van der Waals surface area contributed by atoms with Gasteiger partial charge in [0.15, 0.2) is 5.75 Å². The van der Waals surface area contributed by atoms with Gasteiger partial charge in [-0.2, -0.15) is 0 Å². The van der Waals surface area contributed by atoms with Gasteiger partial charge >= 0.3 is 0 Å². The summed E-state index contributed by atoms with van der Waals surface area (Å²) in [6, 6.07) is 4.94. The Bertz CT molecular complexity index is 1760. The number of amides is 3. The first-order valence-corrected chi connectivity index (χ1v) is 18.8. The van der Waals surface area contributed by atoms with Crippen LogP contribution in [0.15, 0.2) is 36.5 Å². The van der Waals surface area contributed by atoms with E-state index in [9.17, 15) is 22.8 Å². The van der Waals surface area contributed by atoms with E-state index >= 15 is 0 Å². The van der Waals surface area contributed by atoms with Crippen LogP contribution in [0.25, 0.3) is 10.8 Å². The molecule has 3 amide bonds. The van der Waals surface area contributed by atoms with Crippen molar-refractivity contribution >= 4 is 44.2 Å². The molecule has 2 aliphatic carbocycles. The van der Waals surface area contributed by atoms with E-state index in [1.54, 1.807) is 11.1 Å². The van der Waals surface area contributed by atoms with Crippen LogP contribution in [0.4, 0.5) is 5.69 Å². The van der Waals surface area contributed by atoms with Crippen LogP contribution < -0.4 is 24.4 Å². The van der Waals surface area contributed by atoms with Gasteiger partial charge in [0.2, 0.25) is 27.7 Å². The van der Waals surface area contributed by atoms with Crippen LogP contribution in [0.2, 0.25) is 0 Å². The lowest BCUT2D eigenvalue weighted by molar-refractivity contribution is -0.140. The highest BCUT2D eigenvalue weighted by Crippen LogP contribution is 2.46. The van der Waals surface area contributed by atoms with Crippen LogP contribution >= 0.6 is 0 Å². The van der Waals surface area contributed by atoms with Crippen molar-refractivity contribution in [1.29, 1.82) is 0 Å². The SMILES string of the molecule is C[C@H]1CC/C=C\[C@@H]2C[C@@]2(C(=O)NS(=O)(=O)C2CC2)NC(=O)[C@@H]2C[C@@H](Oc3nccc4c5c(ccc34)N(C)CCO5)CN2C(=O)C[C@H](C)C1. The zero-order valence-electron chi connectivity index (χ0n) is 27.8. The summed E-state index contributed by atoms with van der Waals surface area (Å²) in [4.78, 5) is 49.8. The van der Waals surface area contributed by atoms with Crippen LogP contribution in [-0.2, 0) is 24.4 Å². The third-order valence-corrected chi connectivity index (χ3v) is 12.4. The topological polar surface area (TPSA) is 147 Å². The highest BCUT2D eigenvalue weighted by atomic mass is 32.2. The lowest BCUT2D eigenvalue weighted by atomic mass is 9.91. The van der Waals surface area contributed by atoms with Crippen LogP contribution in [0.5, 0.6) is 11.6 Å². The van der Waals surface area contributed by atoms with Crippen molar-refractivity contribution in [2.75, 3.05) is 31.6 Å². The van der Waals surface area contributed by atoms with E-state index in [2.05, 4.69) is 33.8 Å². The van der Waals surface area contributed by atoms with Gasteiger partial charge in [0.25, 0.3) is 5.91 Å². The Labute approximate surface area is 281 Å². The molecule has 48 heavy (non-hydrogen) atoms. The Morgan fingerprint density at radius 2 is 1.92 bits per heavy atom. The van der Waals surface area contributed by atoms with E-state index in [1.165, 1.54) is 0 Å². The van der Waals surface area contributed by atoms with E-state index in [0.29, 0.717) is 31.2 Å². The third-order valence-electron chi connectivity index (χ3n) is 10.6. The quantitative estimate of drug-likeness (QED) is 0.455. The number of ether oxygens (including phenoxy) is 2. The summed E-state index contributed by atoms with van der Waals surface area (Å²) in [5, 5.41) is 4.00. The van der Waals surface area contributed by atoms with Gasteiger partial charge < -0.3 is 24.6 Å². The highest BCUT2D eigenvalue weighted by Gasteiger charge is 2.62. The van der Waals surface area contributed by atoms with Gasteiger partial charge in [0, 0.05) is 42.8 Å². The molecule has 5 aliphatic rings. The summed E-state index contributed by atoms with van der Waals surface area (Å²) in [6.07, 6.45) is 9.48. The average Bonchev–Trinajstić information content (AvgIpc) is 3.96. The van der Waals surface area contributed by atoms with Crippen molar-refractivity contribution in [3.05, 3.63) is 36.5 Å². The lowest BCUT2D eigenvalue weighted by Gasteiger charge is -2.28. The molecule has 1 aromatic heterocycles. The zero-order valence-corrected chi connectivity index (χ0v) is 28.6. The first kappa shape index (κ1) is 32.7. The summed E-state index contributed by atoms with van der Waals surface area (Å²) < 4.78 is 40.2. The van der Waals surface area contributed by atoms with Gasteiger partial charge in [-0.25, -0.2) is 13.4 Å². The number of pyridine rings is 1. The third kappa shape index (κ3) is 6.33. The second-order valence-corrected chi connectivity index (χ2v) is 16.5. The molecule has 3 fully saturated rings. The number of benzene rings is 1. The molecule has 3 aliphatic heterocycles. The molecule has 12 nitrogen and oxygen atoms in total. The summed E-state index contributed by atoms with van der Waals surface area (Å²) >= 11 is 0. The minimum atomic E-state index is -3.82. The number of fused-ring (bicyclic) bond motifs is 5. The molecule has 7 rings (SSSR count). The summed E-state index contributed by atoms with van der Waals surface area (Å²) in [5.41, 5.74) is -0.411. The second-order valence-electron chi connectivity index (χ2n) is 14.5. The first-order valence-electron chi connectivity index (χ1n) is 17.2. The van der Waals surface area contributed by atoms with Crippen molar-refractivity contribution in [3.63, 3.8) is 0 Å². The fourth-order valence-electron chi connectivity index (χ4n) is 7.62. The molecule has 1 saturated heterocycles. The zero-order chi connectivity index (χ0) is 33.8. The Balaban J connectivity index is 1.16. The van der Waals surface area contributed by atoms with Crippen LogP contribution in [0.3, 0.4) is 0 Å². The van der Waals surface area contributed by atoms with Gasteiger partial charge in [-0.1, -0.05) is 26.0 Å². The minimum Gasteiger partial charge on any atom is -0.489 e. The number of allylic oxidation sites excluding steroid dienone is 1. The molecule has 258 valence electrons. The predicted octanol–water partition coefficient (Wildman–Crippen LogP) is 3.30. The van der Waals surface area contributed by atoms with Crippen molar-refractivity contribution in [1.82, 2.24) is 19.9 Å². The molecule has 13 heteroatoms. The van der Waals surface area contributed by atoms with Gasteiger partial charge in [0.1, 0.15) is 24.3 Å². The molecule has 0 bridgehead atoms. The van der Waals surface area contributed by atoms with Crippen LogP contribution in [0.1, 0.15) is 65.2 Å². The number of carbonyl (C=O) groups excluding carboxylic acids is 3. The fraction of sp³-hybridized carbons (Fsp3) is 0.600. The van der Waals surface area contributed by atoms with Crippen molar-refractivity contribution in [2.45, 2.75) is 88.1 Å². The normalized spacial score (nSPS) is 31.7. The number of hydrogen-bond acceptors (Lipinski definition) is 9. The number of carbonyl (C=O) groups is 3. The monoisotopic (exact) mass is 679 g/mol. The Hall–Kier alpha value is -3.87. The first-order chi connectivity index (χ1) is 22.9. The molecule has 0 spiro atoms. The molecule has 2 N–H and O–H groups in total. The Morgan fingerprint density at radius 1 is 1.10 bits per heavy atom. The minimum absolute atomic E-state index is 0.118. The average molecular weight is 680 g/mol. The molecular weight excluding hydrogens is 634 g/mol. The maximum absolute atomic E-state index is 14.1. The van der Waals surface area contributed by atoms with E-state index < -0.39 is 44.8 Å². The predicted molar refractivity (Wildman–Crippen MR) is 180 cm³/mol. The van der Waals surface area contributed by atoms with E-state index in [4.69, 9.17) is 9.47 Å². The van der Waals surface area contributed by atoms with E-state index in [-0.39, 0.29) is 43.6 Å².